The predicted molar refractivity (Wildman–Crippen MR) is 155 cm³/mol. The molecule has 3 aromatic rings. The molecule has 0 saturated carbocycles. The van der Waals surface area contributed by atoms with Gasteiger partial charge in [-0.3, -0.25) is 9.89 Å². The van der Waals surface area contributed by atoms with E-state index in [4.69, 9.17) is 9.72 Å². The number of likely N-dealkylation sites (tertiary alicyclic amines) is 1. The van der Waals surface area contributed by atoms with Gasteiger partial charge in [-0.2, -0.15) is 23.5 Å². The number of likely N-dealkylation sites (N-methyl/N-ethyl adjacent to an activating group) is 1. The lowest BCUT2D eigenvalue weighted by Crippen LogP contribution is -2.49. The van der Waals surface area contributed by atoms with E-state index in [0.717, 1.165) is 31.0 Å². The number of hydrogen-bond acceptors (Lipinski definition) is 8. The Bertz CT molecular complexity index is 1590. The van der Waals surface area contributed by atoms with Crippen molar-refractivity contribution in [3.63, 3.8) is 0 Å². The van der Waals surface area contributed by atoms with E-state index in [9.17, 15) is 23.2 Å². The third-order valence-electron chi connectivity index (χ3n) is 8.79. The molecule has 5 heterocycles. The molecule has 1 aromatic carbocycles. The minimum absolute atomic E-state index is 0.0590. The first-order valence-corrected chi connectivity index (χ1v) is 14.4. The minimum atomic E-state index is -4.56. The number of rotatable bonds is 6. The zero-order valence-electron chi connectivity index (χ0n) is 24.0. The number of carbonyl (C=O) groups is 1. The van der Waals surface area contributed by atoms with Crippen LogP contribution in [0.3, 0.4) is 0 Å². The SMILES string of the molecule is C=CC(=O)N1CCN(c2c(C#N)c(OC[C@H]3CCCN3C)nc3c2CCN(c2c(C(F)(F)F)ccc4[nH]ncc24)C3)CC1. The number of ether oxygens (including phenoxy) is 1. The average molecular weight is 595 g/mol. The molecule has 1 amide bonds. The number of amides is 1. The Morgan fingerprint density at radius 3 is 2.65 bits per heavy atom. The van der Waals surface area contributed by atoms with Crippen molar-refractivity contribution in [2.75, 3.05) is 62.7 Å². The van der Waals surface area contributed by atoms with Crippen LogP contribution in [0.1, 0.15) is 35.2 Å². The molecular formula is C30H33F3N8O2. The fourth-order valence-corrected chi connectivity index (χ4v) is 6.50. The van der Waals surface area contributed by atoms with Crippen molar-refractivity contribution in [1.82, 2.24) is 25.0 Å². The van der Waals surface area contributed by atoms with Gasteiger partial charge in [0.1, 0.15) is 18.2 Å². The first-order valence-electron chi connectivity index (χ1n) is 14.4. The van der Waals surface area contributed by atoms with Crippen LogP contribution in [0.15, 0.2) is 31.0 Å². The second-order valence-electron chi connectivity index (χ2n) is 11.2. The summed E-state index contributed by atoms with van der Waals surface area (Å²) in [5.74, 6) is 0.0479. The molecule has 1 atom stereocenters. The van der Waals surface area contributed by atoms with Crippen LogP contribution in [0.2, 0.25) is 0 Å². The quantitative estimate of drug-likeness (QED) is 0.431. The Labute approximate surface area is 247 Å². The van der Waals surface area contributed by atoms with E-state index in [-0.39, 0.29) is 30.1 Å². The second-order valence-corrected chi connectivity index (χ2v) is 11.2. The number of piperazine rings is 1. The number of carbonyl (C=O) groups excluding carboxylic acids is 1. The van der Waals surface area contributed by atoms with Crippen molar-refractivity contribution in [2.45, 2.75) is 38.0 Å². The van der Waals surface area contributed by atoms with Gasteiger partial charge in [0.15, 0.2) is 0 Å². The molecule has 2 aromatic heterocycles. The highest BCUT2D eigenvalue weighted by Gasteiger charge is 2.38. The highest BCUT2D eigenvalue weighted by Crippen LogP contribution is 2.44. The van der Waals surface area contributed by atoms with Gasteiger partial charge in [-0.05, 0) is 51.1 Å². The molecule has 6 rings (SSSR count). The molecule has 0 bridgehead atoms. The maximum Gasteiger partial charge on any atom is 0.418 e. The molecular weight excluding hydrogens is 561 g/mol. The Hall–Kier alpha value is -4.31. The van der Waals surface area contributed by atoms with Gasteiger partial charge >= 0.3 is 6.18 Å². The highest BCUT2D eigenvalue weighted by molar-refractivity contribution is 5.94. The van der Waals surface area contributed by atoms with Gasteiger partial charge in [-0.1, -0.05) is 6.58 Å². The highest BCUT2D eigenvalue weighted by atomic mass is 19.4. The van der Waals surface area contributed by atoms with E-state index in [1.165, 1.54) is 18.3 Å². The smallest absolute Gasteiger partial charge is 0.418 e. The summed E-state index contributed by atoms with van der Waals surface area (Å²) in [7, 11) is 2.04. The van der Waals surface area contributed by atoms with Crippen molar-refractivity contribution < 1.29 is 22.7 Å². The third kappa shape index (κ3) is 5.35. The molecule has 43 heavy (non-hydrogen) atoms. The summed E-state index contributed by atoms with van der Waals surface area (Å²) in [4.78, 5) is 24.7. The number of H-pyrrole nitrogens is 1. The summed E-state index contributed by atoms with van der Waals surface area (Å²) >= 11 is 0. The third-order valence-corrected chi connectivity index (χ3v) is 8.79. The van der Waals surface area contributed by atoms with Gasteiger partial charge in [-0.15, -0.1) is 0 Å². The van der Waals surface area contributed by atoms with Crippen LogP contribution in [-0.2, 0) is 23.9 Å². The lowest BCUT2D eigenvalue weighted by molar-refractivity contribution is -0.137. The van der Waals surface area contributed by atoms with Crippen LogP contribution in [-0.4, -0.2) is 89.9 Å². The summed E-state index contributed by atoms with van der Waals surface area (Å²) < 4.78 is 48.9. The van der Waals surface area contributed by atoms with Crippen molar-refractivity contribution >= 4 is 28.2 Å². The van der Waals surface area contributed by atoms with Crippen molar-refractivity contribution in [2.24, 2.45) is 0 Å². The minimum Gasteiger partial charge on any atom is -0.475 e. The Kier molecular flexibility index (Phi) is 7.64. The van der Waals surface area contributed by atoms with E-state index in [0.29, 0.717) is 73.6 Å². The summed E-state index contributed by atoms with van der Waals surface area (Å²) in [6.07, 6.45) is 0.564. The number of alkyl halides is 3. The first-order chi connectivity index (χ1) is 20.7. The fraction of sp³-hybridized carbons (Fsp3) is 0.467. The molecule has 0 unspecified atom stereocenters. The molecule has 0 radical (unpaired) electrons. The number of halogens is 3. The van der Waals surface area contributed by atoms with Crippen molar-refractivity contribution in [1.29, 1.82) is 5.26 Å². The van der Waals surface area contributed by atoms with E-state index in [1.54, 1.807) is 9.80 Å². The number of nitrogens with one attached hydrogen (secondary N) is 1. The number of aromatic nitrogens is 3. The lowest BCUT2D eigenvalue weighted by Gasteiger charge is -2.39. The number of fused-ring (bicyclic) bond motifs is 2. The van der Waals surface area contributed by atoms with Crippen LogP contribution < -0.4 is 14.5 Å². The van der Waals surface area contributed by atoms with Gasteiger partial charge in [0.25, 0.3) is 0 Å². The number of nitrogens with zero attached hydrogens (tertiary/aromatic N) is 7. The van der Waals surface area contributed by atoms with Crippen LogP contribution in [0.4, 0.5) is 24.5 Å². The van der Waals surface area contributed by atoms with E-state index < -0.39 is 11.7 Å². The molecule has 2 saturated heterocycles. The second kappa shape index (κ2) is 11.4. The van der Waals surface area contributed by atoms with Crippen molar-refractivity contribution in [3.05, 3.63) is 53.4 Å². The zero-order valence-corrected chi connectivity index (χ0v) is 24.0. The largest absolute Gasteiger partial charge is 0.475 e. The molecule has 0 aliphatic carbocycles. The van der Waals surface area contributed by atoms with Gasteiger partial charge in [0.2, 0.25) is 11.8 Å². The molecule has 10 nitrogen and oxygen atoms in total. The van der Waals surface area contributed by atoms with E-state index in [2.05, 4.69) is 32.6 Å². The lowest BCUT2D eigenvalue weighted by atomic mass is 9.96. The predicted octanol–water partition coefficient (Wildman–Crippen LogP) is 3.72. The summed E-state index contributed by atoms with van der Waals surface area (Å²) in [5.41, 5.74) is 2.27. The maximum atomic E-state index is 14.2. The summed E-state index contributed by atoms with van der Waals surface area (Å²) in [5, 5.41) is 17.5. The van der Waals surface area contributed by atoms with Gasteiger partial charge < -0.3 is 24.3 Å². The van der Waals surface area contributed by atoms with Crippen LogP contribution in [0.5, 0.6) is 5.88 Å². The zero-order chi connectivity index (χ0) is 30.3. The Morgan fingerprint density at radius 2 is 1.98 bits per heavy atom. The molecule has 1 N–H and O–H groups in total. The average Bonchev–Trinajstić information content (AvgIpc) is 3.66. The first kappa shape index (κ1) is 28.8. The fourth-order valence-electron chi connectivity index (χ4n) is 6.50. The van der Waals surface area contributed by atoms with Crippen LogP contribution in [0.25, 0.3) is 10.9 Å². The maximum absolute atomic E-state index is 14.2. The number of pyridine rings is 1. The number of aromatic amines is 1. The summed E-state index contributed by atoms with van der Waals surface area (Å²) in [6.45, 7) is 7.20. The number of benzene rings is 1. The monoisotopic (exact) mass is 594 g/mol. The summed E-state index contributed by atoms with van der Waals surface area (Å²) in [6, 6.07) is 4.98. The van der Waals surface area contributed by atoms with Crippen molar-refractivity contribution in [3.8, 4) is 11.9 Å². The van der Waals surface area contributed by atoms with Gasteiger partial charge in [0.05, 0.1) is 40.9 Å². The number of hydrogen-bond donors (Lipinski definition) is 1. The number of anilines is 2. The Morgan fingerprint density at radius 1 is 1.19 bits per heavy atom. The van der Waals surface area contributed by atoms with E-state index >= 15 is 0 Å². The normalized spacial score (nSPS) is 19.4. The van der Waals surface area contributed by atoms with E-state index in [1.807, 2.05) is 7.05 Å². The standard InChI is InChI=1S/C30H33F3N8O2/c1-3-26(42)39-11-13-40(14-12-39)27-20-8-10-41(28-22-16-35-37-24(22)7-6-23(28)30(31,32)33)17-25(20)36-29(21(27)15-34)43-18-19-5-4-9-38(19)2/h3,6-7,16,19H,1,4-5,8-14,17-18H2,2H3,(H,35,37)/t19-/m1/s1. The number of nitriles is 1. The topological polar surface area (TPSA) is 105 Å². The Balaban J connectivity index is 1.40. The van der Waals surface area contributed by atoms with Gasteiger partial charge in [0, 0.05) is 49.7 Å². The molecule has 2 fully saturated rings. The van der Waals surface area contributed by atoms with Crippen LogP contribution >= 0.6 is 0 Å². The van der Waals surface area contributed by atoms with Gasteiger partial charge in [-0.25, -0.2) is 4.98 Å². The van der Waals surface area contributed by atoms with Crippen LogP contribution in [0, 0.1) is 11.3 Å². The molecule has 13 heteroatoms. The molecule has 3 aliphatic rings. The molecule has 3 aliphatic heterocycles. The molecule has 0 spiro atoms. The molecule has 226 valence electrons.